The number of amides is 2. The van der Waals surface area contributed by atoms with Gasteiger partial charge in [-0.3, -0.25) is 14.9 Å². The standard InChI is InChI=1S/C24H20N2O5/c1-31-17-6-3-15(4-7-17)16-5-8-18-19(11-16)20(24(30)26-23(18)29)13-25-12-14-2-9-21(27)22(28)10-14/h2-11,13,25,27-28H,12H2,1H3,(H,26,29,30)/b20-13+. The molecule has 0 radical (unpaired) electrons. The second kappa shape index (κ2) is 8.23. The third-order valence-corrected chi connectivity index (χ3v) is 5.04. The molecule has 4 rings (SSSR count). The molecule has 0 fully saturated rings. The number of methoxy groups -OCH3 is 1. The highest BCUT2D eigenvalue weighted by atomic mass is 16.5. The van der Waals surface area contributed by atoms with Gasteiger partial charge in [-0.15, -0.1) is 0 Å². The first kappa shape index (κ1) is 20.0. The van der Waals surface area contributed by atoms with Crippen molar-refractivity contribution < 1.29 is 24.5 Å². The van der Waals surface area contributed by atoms with Crippen LogP contribution in [0.4, 0.5) is 0 Å². The van der Waals surface area contributed by atoms with E-state index in [-0.39, 0.29) is 11.5 Å². The van der Waals surface area contributed by atoms with Crippen LogP contribution < -0.4 is 15.4 Å². The van der Waals surface area contributed by atoms with Crippen LogP contribution >= 0.6 is 0 Å². The van der Waals surface area contributed by atoms with Crippen LogP contribution in [0, 0.1) is 0 Å². The SMILES string of the molecule is COc1ccc(-c2ccc3c(c2)/C(=C\NCc2ccc(O)c(O)c2)C(=O)NC3=O)cc1. The van der Waals surface area contributed by atoms with Gasteiger partial charge in [-0.25, -0.2) is 0 Å². The molecule has 1 heterocycles. The van der Waals surface area contributed by atoms with Gasteiger partial charge in [-0.2, -0.15) is 0 Å². The zero-order valence-electron chi connectivity index (χ0n) is 16.7. The Balaban J connectivity index is 1.65. The predicted molar refractivity (Wildman–Crippen MR) is 115 cm³/mol. The first-order chi connectivity index (χ1) is 15.0. The molecule has 0 aliphatic carbocycles. The van der Waals surface area contributed by atoms with E-state index >= 15 is 0 Å². The minimum Gasteiger partial charge on any atom is -0.504 e. The average molecular weight is 416 g/mol. The number of hydrogen-bond acceptors (Lipinski definition) is 6. The third kappa shape index (κ3) is 4.06. The molecule has 0 spiro atoms. The van der Waals surface area contributed by atoms with Crippen molar-refractivity contribution in [1.82, 2.24) is 10.6 Å². The van der Waals surface area contributed by atoms with Gasteiger partial charge in [0.2, 0.25) is 0 Å². The lowest BCUT2D eigenvalue weighted by Gasteiger charge is -2.19. The Morgan fingerprint density at radius 3 is 2.32 bits per heavy atom. The molecule has 156 valence electrons. The smallest absolute Gasteiger partial charge is 0.260 e. The third-order valence-electron chi connectivity index (χ3n) is 5.04. The van der Waals surface area contributed by atoms with E-state index < -0.39 is 11.8 Å². The maximum atomic E-state index is 12.5. The van der Waals surface area contributed by atoms with Crippen molar-refractivity contribution >= 4 is 17.4 Å². The summed E-state index contributed by atoms with van der Waals surface area (Å²) in [6.07, 6.45) is 1.54. The molecule has 2 amide bonds. The number of imide groups is 1. The van der Waals surface area contributed by atoms with Gasteiger partial charge in [0.25, 0.3) is 11.8 Å². The second-order valence-electron chi connectivity index (χ2n) is 7.03. The fourth-order valence-corrected chi connectivity index (χ4v) is 3.38. The highest BCUT2D eigenvalue weighted by Gasteiger charge is 2.27. The summed E-state index contributed by atoms with van der Waals surface area (Å²) < 4.78 is 5.19. The molecule has 3 aromatic carbocycles. The lowest BCUT2D eigenvalue weighted by molar-refractivity contribution is -0.114. The van der Waals surface area contributed by atoms with Crippen molar-refractivity contribution in [1.29, 1.82) is 0 Å². The van der Waals surface area contributed by atoms with E-state index in [9.17, 15) is 19.8 Å². The zero-order valence-corrected chi connectivity index (χ0v) is 16.7. The van der Waals surface area contributed by atoms with Crippen LogP contribution in [0.2, 0.25) is 0 Å². The molecule has 0 unspecified atom stereocenters. The summed E-state index contributed by atoms with van der Waals surface area (Å²) in [7, 11) is 1.60. The lowest BCUT2D eigenvalue weighted by Crippen LogP contribution is -2.37. The summed E-state index contributed by atoms with van der Waals surface area (Å²) in [6.45, 7) is 0.312. The Morgan fingerprint density at radius 2 is 1.61 bits per heavy atom. The number of benzene rings is 3. The van der Waals surface area contributed by atoms with Gasteiger partial charge >= 0.3 is 0 Å². The average Bonchev–Trinajstić information content (AvgIpc) is 2.78. The topological polar surface area (TPSA) is 108 Å². The van der Waals surface area contributed by atoms with Crippen LogP contribution in [-0.4, -0.2) is 29.1 Å². The summed E-state index contributed by atoms with van der Waals surface area (Å²) in [5.41, 5.74) is 3.77. The summed E-state index contributed by atoms with van der Waals surface area (Å²) in [5.74, 6) is -0.622. The van der Waals surface area contributed by atoms with Gasteiger partial charge in [-0.05, 0) is 53.1 Å². The Morgan fingerprint density at radius 1 is 0.871 bits per heavy atom. The van der Waals surface area contributed by atoms with Crippen molar-refractivity contribution in [3.8, 4) is 28.4 Å². The minimum absolute atomic E-state index is 0.202. The predicted octanol–water partition coefficient (Wildman–Crippen LogP) is 3.17. The molecule has 3 aromatic rings. The normalized spacial score (nSPS) is 14.2. The van der Waals surface area contributed by atoms with Crippen molar-refractivity contribution in [3.05, 3.63) is 83.6 Å². The van der Waals surface area contributed by atoms with Gasteiger partial charge in [-0.1, -0.05) is 24.3 Å². The van der Waals surface area contributed by atoms with E-state index in [1.807, 2.05) is 36.4 Å². The van der Waals surface area contributed by atoms with Crippen LogP contribution in [-0.2, 0) is 11.3 Å². The number of fused-ring (bicyclic) bond motifs is 1. The van der Waals surface area contributed by atoms with E-state index in [4.69, 9.17) is 4.74 Å². The molecule has 4 N–H and O–H groups in total. The zero-order chi connectivity index (χ0) is 22.0. The largest absolute Gasteiger partial charge is 0.504 e. The van der Waals surface area contributed by atoms with Crippen LogP contribution in [0.1, 0.15) is 21.5 Å². The number of hydrogen-bond donors (Lipinski definition) is 4. The molecule has 1 aliphatic rings. The molecule has 31 heavy (non-hydrogen) atoms. The fourth-order valence-electron chi connectivity index (χ4n) is 3.38. The van der Waals surface area contributed by atoms with Crippen LogP contribution in [0.5, 0.6) is 17.2 Å². The maximum absolute atomic E-state index is 12.5. The van der Waals surface area contributed by atoms with E-state index in [0.717, 1.165) is 16.9 Å². The van der Waals surface area contributed by atoms with Gasteiger partial charge in [0.05, 0.1) is 12.7 Å². The van der Waals surface area contributed by atoms with E-state index in [2.05, 4.69) is 10.6 Å². The number of nitrogens with one attached hydrogen (secondary N) is 2. The Hall–Kier alpha value is -4.26. The van der Waals surface area contributed by atoms with Gasteiger partial charge in [0, 0.05) is 23.9 Å². The number of phenols is 2. The van der Waals surface area contributed by atoms with Gasteiger partial charge in [0.15, 0.2) is 11.5 Å². The highest BCUT2D eigenvalue weighted by Crippen LogP contribution is 2.30. The molecule has 7 nitrogen and oxygen atoms in total. The molecule has 7 heteroatoms. The monoisotopic (exact) mass is 416 g/mol. The van der Waals surface area contributed by atoms with E-state index in [0.29, 0.717) is 28.8 Å². The molecule has 0 saturated carbocycles. The quantitative estimate of drug-likeness (QED) is 0.289. The number of carbonyl (C=O) groups is 2. The van der Waals surface area contributed by atoms with Crippen LogP contribution in [0.15, 0.2) is 66.9 Å². The second-order valence-corrected chi connectivity index (χ2v) is 7.03. The van der Waals surface area contributed by atoms with E-state index in [1.165, 1.54) is 12.1 Å². The number of aromatic hydroxyl groups is 2. The van der Waals surface area contributed by atoms with Crippen molar-refractivity contribution in [2.24, 2.45) is 0 Å². The lowest BCUT2D eigenvalue weighted by atomic mass is 9.91. The van der Waals surface area contributed by atoms with Crippen LogP contribution in [0.3, 0.4) is 0 Å². The number of carbonyl (C=O) groups excluding carboxylic acids is 2. The van der Waals surface area contributed by atoms with Crippen molar-refractivity contribution in [2.45, 2.75) is 6.54 Å². The minimum atomic E-state index is -0.495. The van der Waals surface area contributed by atoms with Crippen molar-refractivity contribution in [3.63, 3.8) is 0 Å². The molecular weight excluding hydrogens is 396 g/mol. The molecule has 0 bridgehead atoms. The number of rotatable bonds is 5. The Bertz CT molecular complexity index is 1200. The Kier molecular flexibility index (Phi) is 5.32. The summed E-state index contributed by atoms with van der Waals surface area (Å²) in [6, 6.07) is 17.3. The molecular formula is C24H20N2O5. The summed E-state index contributed by atoms with van der Waals surface area (Å²) in [5, 5.41) is 24.4. The summed E-state index contributed by atoms with van der Waals surface area (Å²) >= 11 is 0. The first-order valence-electron chi connectivity index (χ1n) is 9.55. The Labute approximate surface area is 178 Å². The molecule has 1 aliphatic heterocycles. The van der Waals surface area contributed by atoms with Gasteiger partial charge < -0.3 is 20.3 Å². The van der Waals surface area contributed by atoms with E-state index in [1.54, 1.807) is 25.4 Å². The summed E-state index contributed by atoms with van der Waals surface area (Å²) in [4.78, 5) is 24.8. The molecule has 0 atom stereocenters. The molecule has 0 aromatic heterocycles. The van der Waals surface area contributed by atoms with Gasteiger partial charge in [0.1, 0.15) is 5.75 Å². The maximum Gasteiger partial charge on any atom is 0.260 e. The molecule has 0 saturated heterocycles. The fraction of sp³-hybridized carbons (Fsp3) is 0.0833. The highest BCUT2D eigenvalue weighted by molar-refractivity contribution is 6.31. The van der Waals surface area contributed by atoms with Crippen molar-refractivity contribution in [2.75, 3.05) is 7.11 Å². The first-order valence-corrected chi connectivity index (χ1v) is 9.55. The number of phenolic OH excluding ortho intramolecular Hbond substituents is 2. The van der Waals surface area contributed by atoms with Crippen LogP contribution in [0.25, 0.3) is 16.7 Å². The number of ether oxygens (including phenoxy) is 1.